The Morgan fingerprint density at radius 1 is 1.45 bits per heavy atom. The van der Waals surface area contributed by atoms with Gasteiger partial charge in [0, 0.05) is 12.0 Å². The highest BCUT2D eigenvalue weighted by Gasteiger charge is 2.42. The maximum absolute atomic E-state index is 12.2. The minimum absolute atomic E-state index is 0.0911. The Labute approximate surface area is 133 Å². The van der Waals surface area contributed by atoms with Crippen LogP contribution < -0.4 is 5.32 Å². The standard InChI is InChI=1S/C15H17ClN4O2/c1-10-18-13(14(22)17-8-15(9-21)6-7-15)19-20(10)12-5-3-2-4-11(12)16/h2-5,21H,6-9H2,1H3,(H,17,22). The Bertz CT molecular complexity index is 709. The summed E-state index contributed by atoms with van der Waals surface area (Å²) >= 11 is 6.15. The SMILES string of the molecule is Cc1nc(C(=O)NCC2(CO)CC2)nn1-c1ccccc1Cl. The number of aliphatic hydroxyl groups excluding tert-OH is 1. The summed E-state index contributed by atoms with van der Waals surface area (Å²) in [6.45, 7) is 2.30. The zero-order chi connectivity index (χ0) is 15.7. The summed E-state index contributed by atoms with van der Waals surface area (Å²) in [6, 6.07) is 7.25. The van der Waals surface area contributed by atoms with E-state index in [1.165, 1.54) is 0 Å². The van der Waals surface area contributed by atoms with Gasteiger partial charge in [-0.25, -0.2) is 9.67 Å². The topological polar surface area (TPSA) is 80.0 Å². The van der Waals surface area contributed by atoms with E-state index in [1.54, 1.807) is 17.7 Å². The fraction of sp³-hybridized carbons (Fsp3) is 0.400. The molecule has 3 rings (SSSR count). The zero-order valence-electron chi connectivity index (χ0n) is 12.2. The van der Waals surface area contributed by atoms with Crippen molar-refractivity contribution < 1.29 is 9.90 Å². The fourth-order valence-corrected chi connectivity index (χ4v) is 2.47. The van der Waals surface area contributed by atoms with Crippen LogP contribution in [0.15, 0.2) is 24.3 Å². The first-order chi connectivity index (χ1) is 10.5. The molecule has 1 aliphatic carbocycles. The highest BCUT2D eigenvalue weighted by atomic mass is 35.5. The van der Waals surface area contributed by atoms with Gasteiger partial charge in [-0.05, 0) is 31.9 Å². The predicted molar refractivity (Wildman–Crippen MR) is 82.2 cm³/mol. The molecule has 0 atom stereocenters. The van der Waals surface area contributed by atoms with Gasteiger partial charge in [0.15, 0.2) is 0 Å². The van der Waals surface area contributed by atoms with Crippen LogP contribution in [0.1, 0.15) is 29.3 Å². The third-order valence-electron chi connectivity index (χ3n) is 3.97. The van der Waals surface area contributed by atoms with Crippen LogP contribution in [0.25, 0.3) is 5.69 Å². The van der Waals surface area contributed by atoms with E-state index in [0.717, 1.165) is 12.8 Å². The molecule has 22 heavy (non-hydrogen) atoms. The zero-order valence-corrected chi connectivity index (χ0v) is 13.0. The lowest BCUT2D eigenvalue weighted by atomic mass is 10.1. The van der Waals surface area contributed by atoms with E-state index in [2.05, 4.69) is 15.4 Å². The number of hydrogen-bond donors (Lipinski definition) is 2. The van der Waals surface area contributed by atoms with Crippen LogP contribution in [0.2, 0.25) is 5.02 Å². The van der Waals surface area contributed by atoms with E-state index in [9.17, 15) is 9.90 Å². The largest absolute Gasteiger partial charge is 0.396 e. The highest BCUT2D eigenvalue weighted by molar-refractivity contribution is 6.32. The number of amides is 1. The van der Waals surface area contributed by atoms with Crippen molar-refractivity contribution in [3.05, 3.63) is 40.9 Å². The Hall–Kier alpha value is -1.92. The van der Waals surface area contributed by atoms with Crippen molar-refractivity contribution >= 4 is 17.5 Å². The second kappa shape index (κ2) is 5.70. The number of benzene rings is 1. The summed E-state index contributed by atoms with van der Waals surface area (Å²) < 4.78 is 1.55. The number of para-hydroxylation sites is 1. The summed E-state index contributed by atoms with van der Waals surface area (Å²) in [7, 11) is 0. The summed E-state index contributed by atoms with van der Waals surface area (Å²) in [5.41, 5.74) is 0.540. The van der Waals surface area contributed by atoms with Crippen LogP contribution in [0.5, 0.6) is 0 Å². The van der Waals surface area contributed by atoms with Crippen molar-refractivity contribution in [3.8, 4) is 5.69 Å². The molecule has 2 aromatic rings. The number of nitrogens with one attached hydrogen (secondary N) is 1. The van der Waals surface area contributed by atoms with Crippen LogP contribution in [0, 0.1) is 12.3 Å². The number of aromatic nitrogens is 3. The first-order valence-corrected chi connectivity index (χ1v) is 7.50. The average Bonchev–Trinajstić information content (AvgIpc) is 3.21. The minimum atomic E-state index is -0.339. The lowest BCUT2D eigenvalue weighted by molar-refractivity contribution is 0.0925. The summed E-state index contributed by atoms with van der Waals surface area (Å²) in [5, 5.41) is 16.8. The third-order valence-corrected chi connectivity index (χ3v) is 4.29. The fourth-order valence-electron chi connectivity index (χ4n) is 2.25. The maximum Gasteiger partial charge on any atom is 0.291 e. The molecule has 6 nitrogen and oxygen atoms in total. The first-order valence-electron chi connectivity index (χ1n) is 7.12. The molecule has 1 fully saturated rings. The Kier molecular flexibility index (Phi) is 3.88. The van der Waals surface area contributed by atoms with Gasteiger partial charge in [0.25, 0.3) is 5.91 Å². The van der Waals surface area contributed by atoms with Crippen molar-refractivity contribution in [1.82, 2.24) is 20.1 Å². The van der Waals surface area contributed by atoms with Crippen LogP contribution in [0.4, 0.5) is 0 Å². The molecule has 0 unspecified atom stereocenters. The predicted octanol–water partition coefficient (Wildman–Crippen LogP) is 1.73. The molecule has 0 bridgehead atoms. The van der Waals surface area contributed by atoms with Gasteiger partial charge in [-0.3, -0.25) is 4.79 Å². The first kappa shape index (κ1) is 15.0. The smallest absolute Gasteiger partial charge is 0.291 e. The van der Waals surface area contributed by atoms with E-state index >= 15 is 0 Å². The number of aliphatic hydroxyl groups is 1. The molecule has 1 amide bonds. The van der Waals surface area contributed by atoms with Gasteiger partial charge in [0.05, 0.1) is 17.3 Å². The second-order valence-electron chi connectivity index (χ2n) is 5.69. The van der Waals surface area contributed by atoms with Crippen LogP contribution in [-0.4, -0.2) is 38.9 Å². The molecule has 0 saturated heterocycles. The number of aryl methyl sites for hydroxylation is 1. The van der Waals surface area contributed by atoms with Gasteiger partial charge in [-0.1, -0.05) is 23.7 Å². The summed E-state index contributed by atoms with van der Waals surface area (Å²) in [4.78, 5) is 16.3. The summed E-state index contributed by atoms with van der Waals surface area (Å²) in [5.74, 6) is 0.348. The molecule has 0 aliphatic heterocycles. The van der Waals surface area contributed by atoms with Gasteiger partial charge < -0.3 is 10.4 Å². The van der Waals surface area contributed by atoms with Crippen LogP contribution in [0.3, 0.4) is 0 Å². The Morgan fingerprint density at radius 3 is 2.82 bits per heavy atom. The molecule has 2 N–H and O–H groups in total. The van der Waals surface area contributed by atoms with Gasteiger partial charge in [-0.2, -0.15) is 0 Å². The monoisotopic (exact) mass is 320 g/mol. The summed E-state index contributed by atoms with van der Waals surface area (Å²) in [6.07, 6.45) is 1.87. The molecule has 7 heteroatoms. The number of halogens is 1. The van der Waals surface area contributed by atoms with E-state index in [0.29, 0.717) is 23.1 Å². The van der Waals surface area contributed by atoms with E-state index in [1.807, 2.05) is 18.2 Å². The number of carbonyl (C=O) groups is 1. The molecule has 0 radical (unpaired) electrons. The van der Waals surface area contributed by atoms with Crippen LogP contribution in [-0.2, 0) is 0 Å². The average molecular weight is 321 g/mol. The highest BCUT2D eigenvalue weighted by Crippen LogP contribution is 2.44. The van der Waals surface area contributed by atoms with E-state index < -0.39 is 0 Å². The molecule has 1 saturated carbocycles. The van der Waals surface area contributed by atoms with E-state index in [-0.39, 0.29) is 23.8 Å². The molecular formula is C15H17ClN4O2. The maximum atomic E-state index is 12.2. The van der Waals surface area contributed by atoms with Gasteiger partial charge >= 0.3 is 0 Å². The number of rotatable bonds is 5. The van der Waals surface area contributed by atoms with Gasteiger partial charge in [0.2, 0.25) is 5.82 Å². The number of hydrogen-bond acceptors (Lipinski definition) is 4. The molecule has 1 aromatic heterocycles. The molecule has 1 aromatic carbocycles. The number of carbonyl (C=O) groups excluding carboxylic acids is 1. The van der Waals surface area contributed by atoms with Crippen molar-refractivity contribution in [2.24, 2.45) is 5.41 Å². The quantitative estimate of drug-likeness (QED) is 0.879. The molecule has 0 spiro atoms. The van der Waals surface area contributed by atoms with Crippen molar-refractivity contribution in [2.75, 3.05) is 13.2 Å². The lowest BCUT2D eigenvalue weighted by Gasteiger charge is -2.11. The molecule has 1 aliphatic rings. The molecule has 1 heterocycles. The van der Waals surface area contributed by atoms with Gasteiger partial charge in [-0.15, -0.1) is 5.10 Å². The third kappa shape index (κ3) is 2.84. The minimum Gasteiger partial charge on any atom is -0.396 e. The van der Waals surface area contributed by atoms with Crippen molar-refractivity contribution in [2.45, 2.75) is 19.8 Å². The van der Waals surface area contributed by atoms with E-state index in [4.69, 9.17) is 11.6 Å². The Balaban J connectivity index is 1.77. The second-order valence-corrected chi connectivity index (χ2v) is 6.09. The normalized spacial score (nSPS) is 15.6. The van der Waals surface area contributed by atoms with Gasteiger partial charge in [0.1, 0.15) is 5.82 Å². The van der Waals surface area contributed by atoms with Crippen molar-refractivity contribution in [1.29, 1.82) is 0 Å². The molecular weight excluding hydrogens is 304 g/mol. The number of nitrogens with zero attached hydrogens (tertiary/aromatic N) is 3. The molecule has 116 valence electrons. The van der Waals surface area contributed by atoms with Crippen LogP contribution >= 0.6 is 11.6 Å². The van der Waals surface area contributed by atoms with Crippen molar-refractivity contribution in [3.63, 3.8) is 0 Å². The Morgan fingerprint density at radius 2 is 2.18 bits per heavy atom. The lowest BCUT2D eigenvalue weighted by Crippen LogP contribution is -2.32.